The predicted octanol–water partition coefficient (Wildman–Crippen LogP) is 4.01. The average Bonchev–Trinajstić information content (AvgIpc) is 2.75. The van der Waals surface area contributed by atoms with E-state index in [2.05, 4.69) is 31.1 Å². The van der Waals surface area contributed by atoms with Crippen molar-refractivity contribution in [1.29, 1.82) is 0 Å². The van der Waals surface area contributed by atoms with Crippen LogP contribution in [0.3, 0.4) is 0 Å². The largest absolute Gasteiger partial charge is 0.507 e. The van der Waals surface area contributed by atoms with Crippen molar-refractivity contribution in [1.82, 2.24) is 15.2 Å². The number of pyridine rings is 1. The zero-order valence-corrected chi connectivity index (χ0v) is 19.9. The van der Waals surface area contributed by atoms with Gasteiger partial charge in [0.15, 0.2) is 0 Å². The Balaban J connectivity index is 1.55. The van der Waals surface area contributed by atoms with Crippen LogP contribution >= 0.6 is 0 Å². The van der Waals surface area contributed by atoms with E-state index in [1.54, 1.807) is 13.0 Å². The number of phenols is 1. The molecule has 7 nitrogen and oxygen atoms in total. The molecule has 0 spiro atoms. The number of nitrogens with zero attached hydrogens (tertiary/aromatic N) is 2. The van der Waals surface area contributed by atoms with Gasteiger partial charge in [-0.15, -0.1) is 0 Å². The molecule has 0 saturated carbocycles. The van der Waals surface area contributed by atoms with Gasteiger partial charge in [-0.3, -0.25) is 14.7 Å². The number of nitrogens with one attached hydrogen (secondary N) is 1. The summed E-state index contributed by atoms with van der Waals surface area (Å²) in [5.41, 5.74) is 2.26. The number of phenolic OH excluding ortho intramolecular Hbond substituents is 1. The van der Waals surface area contributed by atoms with Gasteiger partial charge in [-0.05, 0) is 37.0 Å². The topological polar surface area (TPSA) is 91.8 Å². The first-order valence-electron chi connectivity index (χ1n) is 11.6. The number of aromatic nitrogens is 1. The van der Waals surface area contributed by atoms with E-state index >= 15 is 0 Å². The highest BCUT2D eigenvalue weighted by atomic mass is 16.5. The number of ether oxygens (including phenoxy) is 1. The number of para-hydroxylation sites is 1. The summed E-state index contributed by atoms with van der Waals surface area (Å²) in [5.74, 6) is -0.118. The van der Waals surface area contributed by atoms with Crippen LogP contribution in [0.1, 0.15) is 69.3 Å². The van der Waals surface area contributed by atoms with Crippen LogP contribution in [0.25, 0.3) is 0 Å². The number of aromatic hydroxyl groups is 1. The van der Waals surface area contributed by atoms with E-state index < -0.39 is 11.6 Å². The molecule has 1 aromatic heterocycles. The number of hydrogen-bond acceptors (Lipinski definition) is 5. The van der Waals surface area contributed by atoms with E-state index in [1.807, 2.05) is 30.5 Å². The Morgan fingerprint density at radius 3 is 2.52 bits per heavy atom. The van der Waals surface area contributed by atoms with Crippen LogP contribution in [-0.2, 0) is 26.9 Å². The lowest BCUT2D eigenvalue weighted by Crippen LogP contribution is -2.62. The highest BCUT2D eigenvalue weighted by molar-refractivity contribution is 5.98. The van der Waals surface area contributed by atoms with Gasteiger partial charge >= 0.3 is 6.03 Å². The normalized spacial score (nSPS) is 22.4. The van der Waals surface area contributed by atoms with Crippen LogP contribution in [0.5, 0.6) is 5.75 Å². The summed E-state index contributed by atoms with van der Waals surface area (Å²) < 4.78 is 5.36. The fraction of sp³-hybridized carbons (Fsp3) is 0.500. The molecule has 0 unspecified atom stereocenters. The molecule has 0 aliphatic carbocycles. The molecule has 3 amide bonds. The summed E-state index contributed by atoms with van der Waals surface area (Å²) in [6, 6.07) is 8.99. The number of urea groups is 1. The summed E-state index contributed by atoms with van der Waals surface area (Å²) in [6.45, 7) is 9.25. The van der Waals surface area contributed by atoms with Crippen LogP contribution < -0.4 is 5.32 Å². The molecule has 1 atom stereocenters. The molecule has 2 aliphatic heterocycles. The first-order valence-corrected chi connectivity index (χ1v) is 11.6. The third-order valence-corrected chi connectivity index (χ3v) is 6.63. The van der Waals surface area contributed by atoms with E-state index in [9.17, 15) is 14.7 Å². The number of carbonyl (C=O) groups excluding carboxylic acids is 2. The molecule has 2 saturated heterocycles. The molecule has 1 aromatic carbocycles. The molecule has 7 heteroatoms. The summed E-state index contributed by atoms with van der Waals surface area (Å²) >= 11 is 0. The number of benzene rings is 1. The van der Waals surface area contributed by atoms with Crippen LogP contribution in [0, 0.1) is 0 Å². The molecule has 3 heterocycles. The van der Waals surface area contributed by atoms with Crippen molar-refractivity contribution in [3.63, 3.8) is 0 Å². The minimum Gasteiger partial charge on any atom is -0.507 e. The van der Waals surface area contributed by atoms with Crippen molar-refractivity contribution in [2.75, 3.05) is 13.2 Å². The molecule has 2 fully saturated rings. The van der Waals surface area contributed by atoms with E-state index in [4.69, 9.17) is 4.74 Å². The van der Waals surface area contributed by atoms with Gasteiger partial charge in [-0.25, -0.2) is 4.79 Å². The molecule has 0 radical (unpaired) electrons. The summed E-state index contributed by atoms with van der Waals surface area (Å²) in [7, 11) is 0. The lowest BCUT2D eigenvalue weighted by molar-refractivity contribution is -0.135. The van der Waals surface area contributed by atoms with Crippen LogP contribution in [0.15, 0.2) is 36.5 Å². The van der Waals surface area contributed by atoms with E-state index in [0.29, 0.717) is 38.0 Å². The van der Waals surface area contributed by atoms with Gasteiger partial charge in [0, 0.05) is 48.5 Å². The van der Waals surface area contributed by atoms with Gasteiger partial charge in [0.2, 0.25) is 5.91 Å². The summed E-state index contributed by atoms with van der Waals surface area (Å²) in [5, 5.41) is 14.1. The van der Waals surface area contributed by atoms with Crippen molar-refractivity contribution < 1.29 is 19.4 Å². The molecule has 2 N–H and O–H groups in total. The van der Waals surface area contributed by atoms with Gasteiger partial charge in [-0.2, -0.15) is 0 Å². The lowest BCUT2D eigenvalue weighted by atomic mass is 9.83. The maximum Gasteiger partial charge on any atom is 0.325 e. The Morgan fingerprint density at radius 1 is 1.18 bits per heavy atom. The third-order valence-electron chi connectivity index (χ3n) is 6.63. The quantitative estimate of drug-likeness (QED) is 0.733. The smallest absolute Gasteiger partial charge is 0.325 e. The molecule has 0 bridgehead atoms. The minimum absolute atomic E-state index is 0.0283. The minimum atomic E-state index is -0.982. The van der Waals surface area contributed by atoms with Gasteiger partial charge < -0.3 is 15.2 Å². The molecular formula is C26H33N3O4. The van der Waals surface area contributed by atoms with E-state index in [-0.39, 0.29) is 29.5 Å². The number of rotatable bonds is 4. The highest BCUT2D eigenvalue weighted by Crippen LogP contribution is 2.38. The molecule has 2 aliphatic rings. The zero-order chi connectivity index (χ0) is 23.8. The Hall–Kier alpha value is -2.93. The van der Waals surface area contributed by atoms with Crippen molar-refractivity contribution in [3.8, 4) is 5.75 Å². The maximum absolute atomic E-state index is 13.0. The van der Waals surface area contributed by atoms with Crippen molar-refractivity contribution in [2.24, 2.45) is 0 Å². The first kappa shape index (κ1) is 23.2. The maximum atomic E-state index is 13.0. The van der Waals surface area contributed by atoms with Gasteiger partial charge in [0.25, 0.3) is 0 Å². The summed E-state index contributed by atoms with van der Waals surface area (Å²) in [4.78, 5) is 31.9. The van der Waals surface area contributed by atoms with Crippen LogP contribution in [0.4, 0.5) is 4.79 Å². The van der Waals surface area contributed by atoms with E-state index in [1.165, 1.54) is 4.90 Å². The monoisotopic (exact) mass is 451 g/mol. The third kappa shape index (κ3) is 4.74. The highest BCUT2D eigenvalue weighted by Gasteiger charge is 2.45. The average molecular weight is 452 g/mol. The number of imide groups is 1. The lowest BCUT2D eigenvalue weighted by Gasteiger charge is -2.43. The fourth-order valence-corrected chi connectivity index (χ4v) is 4.69. The Labute approximate surface area is 195 Å². The molecule has 33 heavy (non-hydrogen) atoms. The SMILES string of the molecule is CC(C)(C)c1ccc(Cc2cccc([C@]3(C)CC(=O)N(C4CCOCC4)C(=O)N3)c2O)cn1. The summed E-state index contributed by atoms with van der Waals surface area (Å²) in [6.07, 6.45) is 3.74. The van der Waals surface area contributed by atoms with Gasteiger partial charge in [0.05, 0.1) is 12.0 Å². The Bertz CT molecular complexity index is 1020. The second kappa shape index (κ2) is 8.78. The number of carbonyl (C=O) groups is 2. The first-order chi connectivity index (χ1) is 15.6. The number of amides is 3. The molecule has 176 valence electrons. The molecular weight excluding hydrogens is 418 g/mol. The van der Waals surface area contributed by atoms with Gasteiger partial charge in [-0.1, -0.05) is 45.0 Å². The standard InChI is InChI=1S/C26H33N3O4/c1-25(2,3)21-9-8-17(16-27-21)14-18-6-5-7-20(23(18)31)26(4)15-22(30)29(24(32)28-26)19-10-12-33-13-11-19/h5-9,16,19,31H,10-15H2,1-4H3,(H,28,32)/t26-/m0/s1. The van der Waals surface area contributed by atoms with Crippen LogP contribution in [-0.4, -0.2) is 46.2 Å². The fourth-order valence-electron chi connectivity index (χ4n) is 4.69. The zero-order valence-electron chi connectivity index (χ0n) is 19.9. The number of hydrogen-bond donors (Lipinski definition) is 2. The van der Waals surface area contributed by atoms with E-state index in [0.717, 1.165) is 16.8 Å². The molecule has 4 rings (SSSR count). The second-order valence-corrected chi connectivity index (χ2v) is 10.3. The van der Waals surface area contributed by atoms with Crippen molar-refractivity contribution in [3.05, 3.63) is 58.9 Å². The van der Waals surface area contributed by atoms with Crippen LogP contribution in [0.2, 0.25) is 0 Å². The second-order valence-electron chi connectivity index (χ2n) is 10.3. The van der Waals surface area contributed by atoms with Gasteiger partial charge in [0.1, 0.15) is 5.75 Å². The predicted molar refractivity (Wildman–Crippen MR) is 125 cm³/mol. The van der Waals surface area contributed by atoms with Crippen molar-refractivity contribution in [2.45, 2.75) is 70.4 Å². The van der Waals surface area contributed by atoms with Crippen molar-refractivity contribution >= 4 is 11.9 Å². The Morgan fingerprint density at radius 2 is 1.91 bits per heavy atom. The Kier molecular flexibility index (Phi) is 6.18. The molecule has 2 aromatic rings.